The number of carbonyl (C=O) groups excluding carboxylic acids is 2. The van der Waals surface area contributed by atoms with Crippen LogP contribution < -0.4 is 21.3 Å². The average Bonchev–Trinajstić information content (AvgIpc) is 2.78. The normalized spacial score (nSPS) is 12.5. The molecule has 1 unspecified atom stereocenters. The lowest BCUT2D eigenvalue weighted by atomic mass is 9.76. The van der Waals surface area contributed by atoms with Gasteiger partial charge < -0.3 is 21.3 Å². The van der Waals surface area contributed by atoms with Gasteiger partial charge in [-0.15, -0.1) is 0 Å². The van der Waals surface area contributed by atoms with E-state index in [-0.39, 0.29) is 17.5 Å². The standard InChI is InChI=1S/C25H34Cl2N4O2/c1-3-5-13-25(4-2,18-29-24(33)31-22-12-7-10-20(27)17-22)14-8-15-28-23(32)30-21-11-6-9-19(26)16-21/h6-7,9-12,16-17H,3-5,8,13-15,18H2,1-2H3,(H2,28,30,32)(H2,29,31,33). The van der Waals surface area contributed by atoms with Crippen LogP contribution in [-0.4, -0.2) is 25.2 Å². The van der Waals surface area contributed by atoms with Crippen LogP contribution in [0.3, 0.4) is 0 Å². The molecule has 6 nitrogen and oxygen atoms in total. The third kappa shape index (κ3) is 9.93. The van der Waals surface area contributed by atoms with Crippen molar-refractivity contribution < 1.29 is 9.59 Å². The number of rotatable bonds is 12. The number of amides is 4. The Labute approximate surface area is 206 Å². The molecule has 2 rings (SSSR count). The van der Waals surface area contributed by atoms with Crippen LogP contribution in [0.1, 0.15) is 52.4 Å². The molecule has 0 heterocycles. The molecule has 0 saturated heterocycles. The molecule has 33 heavy (non-hydrogen) atoms. The Morgan fingerprint density at radius 2 is 1.36 bits per heavy atom. The number of unbranched alkanes of at least 4 members (excludes halogenated alkanes) is 1. The molecule has 0 fully saturated rings. The lowest BCUT2D eigenvalue weighted by Crippen LogP contribution is -2.40. The maximum Gasteiger partial charge on any atom is 0.319 e. The Bertz CT molecular complexity index is 909. The zero-order valence-corrected chi connectivity index (χ0v) is 20.9. The van der Waals surface area contributed by atoms with Crippen molar-refractivity contribution in [2.24, 2.45) is 5.41 Å². The summed E-state index contributed by atoms with van der Waals surface area (Å²) in [6, 6.07) is 13.6. The predicted molar refractivity (Wildman–Crippen MR) is 138 cm³/mol. The van der Waals surface area contributed by atoms with E-state index in [1.807, 2.05) is 0 Å². The van der Waals surface area contributed by atoms with Crippen molar-refractivity contribution in [3.8, 4) is 0 Å². The highest BCUT2D eigenvalue weighted by Crippen LogP contribution is 2.33. The van der Waals surface area contributed by atoms with Crippen LogP contribution in [0.25, 0.3) is 0 Å². The second-order valence-electron chi connectivity index (χ2n) is 8.27. The number of carbonyl (C=O) groups is 2. The van der Waals surface area contributed by atoms with Gasteiger partial charge in [-0.1, -0.05) is 62.0 Å². The second kappa shape index (κ2) is 14.0. The molecule has 0 saturated carbocycles. The molecule has 2 aromatic carbocycles. The molecule has 4 amide bonds. The topological polar surface area (TPSA) is 82.3 Å². The fraction of sp³-hybridized carbons (Fsp3) is 0.440. The van der Waals surface area contributed by atoms with Crippen LogP contribution >= 0.6 is 23.2 Å². The van der Waals surface area contributed by atoms with Crippen molar-refractivity contribution in [1.29, 1.82) is 0 Å². The number of urea groups is 2. The van der Waals surface area contributed by atoms with E-state index in [4.69, 9.17) is 23.2 Å². The van der Waals surface area contributed by atoms with Crippen molar-refractivity contribution in [2.45, 2.75) is 52.4 Å². The van der Waals surface area contributed by atoms with E-state index in [2.05, 4.69) is 35.1 Å². The molecule has 0 aromatic heterocycles. The van der Waals surface area contributed by atoms with Crippen molar-refractivity contribution in [3.63, 3.8) is 0 Å². The first-order valence-corrected chi connectivity index (χ1v) is 12.2. The average molecular weight is 493 g/mol. The minimum Gasteiger partial charge on any atom is -0.338 e. The van der Waals surface area contributed by atoms with Gasteiger partial charge in [0.15, 0.2) is 0 Å². The zero-order valence-electron chi connectivity index (χ0n) is 19.3. The zero-order chi connectivity index (χ0) is 24.1. The molecular weight excluding hydrogens is 459 g/mol. The molecule has 0 radical (unpaired) electrons. The van der Waals surface area contributed by atoms with Gasteiger partial charge in [0.25, 0.3) is 0 Å². The van der Waals surface area contributed by atoms with E-state index in [1.165, 1.54) is 0 Å². The largest absolute Gasteiger partial charge is 0.338 e. The minimum absolute atomic E-state index is 0.0210. The maximum absolute atomic E-state index is 12.4. The predicted octanol–water partition coefficient (Wildman–Crippen LogP) is 7.30. The second-order valence-corrected chi connectivity index (χ2v) is 9.14. The lowest BCUT2D eigenvalue weighted by molar-refractivity contribution is 0.202. The first kappa shape index (κ1) is 26.8. The van der Waals surface area contributed by atoms with E-state index in [9.17, 15) is 9.59 Å². The molecule has 0 aliphatic carbocycles. The van der Waals surface area contributed by atoms with Crippen molar-refractivity contribution in [2.75, 3.05) is 23.7 Å². The van der Waals surface area contributed by atoms with Crippen LogP contribution in [0.5, 0.6) is 0 Å². The Kier molecular flexibility index (Phi) is 11.3. The van der Waals surface area contributed by atoms with Crippen LogP contribution in [0.2, 0.25) is 10.0 Å². The number of nitrogens with one attached hydrogen (secondary N) is 4. The van der Waals surface area contributed by atoms with Gasteiger partial charge >= 0.3 is 12.1 Å². The molecule has 0 aliphatic heterocycles. The van der Waals surface area contributed by atoms with Gasteiger partial charge in [0, 0.05) is 34.5 Å². The van der Waals surface area contributed by atoms with E-state index in [0.717, 1.165) is 38.5 Å². The Balaban J connectivity index is 1.83. The Morgan fingerprint density at radius 1 is 0.818 bits per heavy atom. The van der Waals surface area contributed by atoms with Crippen molar-refractivity contribution in [3.05, 3.63) is 58.6 Å². The van der Waals surface area contributed by atoms with E-state index in [0.29, 0.717) is 34.5 Å². The summed E-state index contributed by atoms with van der Waals surface area (Å²) >= 11 is 11.9. The summed E-state index contributed by atoms with van der Waals surface area (Å²) in [5.41, 5.74) is 1.29. The monoisotopic (exact) mass is 492 g/mol. The highest BCUT2D eigenvalue weighted by atomic mass is 35.5. The number of anilines is 2. The first-order chi connectivity index (χ1) is 15.9. The van der Waals surface area contributed by atoms with Gasteiger partial charge in [0.2, 0.25) is 0 Å². The Morgan fingerprint density at radius 3 is 1.88 bits per heavy atom. The first-order valence-electron chi connectivity index (χ1n) is 11.5. The molecule has 4 N–H and O–H groups in total. The molecule has 0 bridgehead atoms. The smallest absolute Gasteiger partial charge is 0.319 e. The maximum atomic E-state index is 12.4. The number of benzene rings is 2. The Hall–Kier alpha value is -2.44. The summed E-state index contributed by atoms with van der Waals surface area (Å²) in [7, 11) is 0. The van der Waals surface area contributed by atoms with Gasteiger partial charge in [-0.2, -0.15) is 0 Å². The lowest BCUT2D eigenvalue weighted by Gasteiger charge is -2.33. The van der Waals surface area contributed by atoms with E-state index in [1.54, 1.807) is 48.5 Å². The quantitative estimate of drug-likeness (QED) is 0.234. The van der Waals surface area contributed by atoms with Crippen LogP contribution in [0, 0.1) is 5.41 Å². The highest BCUT2D eigenvalue weighted by Gasteiger charge is 2.27. The molecule has 0 aliphatic rings. The molecule has 2 aromatic rings. The van der Waals surface area contributed by atoms with Crippen LogP contribution in [0.4, 0.5) is 21.0 Å². The molecule has 180 valence electrons. The fourth-order valence-electron chi connectivity index (χ4n) is 3.75. The van der Waals surface area contributed by atoms with Crippen molar-refractivity contribution >= 4 is 46.6 Å². The van der Waals surface area contributed by atoms with E-state index >= 15 is 0 Å². The summed E-state index contributed by atoms with van der Waals surface area (Å²) in [5.74, 6) is 0. The number of hydrogen-bond acceptors (Lipinski definition) is 2. The summed E-state index contributed by atoms with van der Waals surface area (Å²) in [6.45, 7) is 5.45. The summed E-state index contributed by atoms with van der Waals surface area (Å²) in [4.78, 5) is 24.6. The number of halogens is 2. The minimum atomic E-state index is -0.257. The summed E-state index contributed by atoms with van der Waals surface area (Å²) < 4.78 is 0. The molecule has 0 spiro atoms. The van der Waals surface area contributed by atoms with Gasteiger partial charge in [0.05, 0.1) is 0 Å². The molecular formula is C25H34Cl2N4O2. The number of hydrogen-bond donors (Lipinski definition) is 4. The van der Waals surface area contributed by atoms with Crippen molar-refractivity contribution in [1.82, 2.24) is 10.6 Å². The third-order valence-electron chi connectivity index (χ3n) is 5.77. The van der Waals surface area contributed by atoms with Gasteiger partial charge in [-0.3, -0.25) is 0 Å². The van der Waals surface area contributed by atoms with Gasteiger partial charge in [0.1, 0.15) is 0 Å². The third-order valence-corrected chi connectivity index (χ3v) is 6.24. The van der Waals surface area contributed by atoms with E-state index < -0.39 is 0 Å². The fourth-order valence-corrected chi connectivity index (χ4v) is 4.13. The summed E-state index contributed by atoms with van der Waals surface area (Å²) in [6.07, 6.45) is 5.87. The SMILES string of the molecule is CCCCC(CC)(CCCNC(=O)Nc1cccc(Cl)c1)CNC(=O)Nc1cccc(Cl)c1. The highest BCUT2D eigenvalue weighted by molar-refractivity contribution is 6.31. The van der Waals surface area contributed by atoms with Gasteiger partial charge in [-0.05, 0) is 67.5 Å². The molecule has 1 atom stereocenters. The molecule has 8 heteroatoms. The van der Waals surface area contributed by atoms with Gasteiger partial charge in [-0.25, -0.2) is 9.59 Å². The van der Waals surface area contributed by atoms with Crippen LogP contribution in [-0.2, 0) is 0 Å². The van der Waals surface area contributed by atoms with Crippen LogP contribution in [0.15, 0.2) is 48.5 Å². The summed E-state index contributed by atoms with van der Waals surface area (Å²) in [5, 5.41) is 12.7.